The third-order valence-corrected chi connectivity index (χ3v) is 5.66. The van der Waals surface area contributed by atoms with E-state index in [1.807, 2.05) is 54.8 Å². The molecule has 2 heterocycles. The van der Waals surface area contributed by atoms with Crippen LogP contribution in [0.4, 0.5) is 0 Å². The van der Waals surface area contributed by atoms with Crippen LogP contribution < -0.4 is 10.1 Å². The van der Waals surface area contributed by atoms with Gasteiger partial charge in [0.1, 0.15) is 11.9 Å². The maximum Gasteiger partial charge on any atom is 0.274 e. The van der Waals surface area contributed by atoms with Crippen LogP contribution in [-0.2, 0) is 24.4 Å². The Kier molecular flexibility index (Phi) is 5.82. The molecule has 1 N–H and O–H groups in total. The number of aromatic nitrogens is 3. The molecule has 1 aromatic heterocycles. The van der Waals surface area contributed by atoms with Gasteiger partial charge in [0.25, 0.3) is 5.91 Å². The van der Waals surface area contributed by atoms with Crippen molar-refractivity contribution in [3.8, 4) is 5.75 Å². The highest BCUT2D eigenvalue weighted by Crippen LogP contribution is 2.28. The molecule has 1 atom stereocenters. The minimum atomic E-state index is -0.244. The zero-order chi connectivity index (χ0) is 20.2. The lowest BCUT2D eigenvalue weighted by Crippen LogP contribution is -2.27. The monoisotopic (exact) mass is 410 g/mol. The van der Waals surface area contributed by atoms with Crippen molar-refractivity contribution >= 4 is 17.7 Å². The van der Waals surface area contributed by atoms with Crippen molar-refractivity contribution in [3.63, 3.8) is 0 Å². The molecule has 150 valence electrons. The highest BCUT2D eigenvalue weighted by atomic mass is 32.2. The lowest BCUT2D eigenvalue weighted by molar-refractivity contribution is -0.00179. The lowest BCUT2D eigenvalue weighted by atomic mass is 10.1. The van der Waals surface area contributed by atoms with Gasteiger partial charge < -0.3 is 14.8 Å². The van der Waals surface area contributed by atoms with Crippen molar-refractivity contribution < 1.29 is 14.3 Å². The summed E-state index contributed by atoms with van der Waals surface area (Å²) < 4.78 is 12.9. The second-order valence-corrected chi connectivity index (χ2v) is 7.55. The Labute approximate surface area is 173 Å². The predicted molar refractivity (Wildman–Crippen MR) is 110 cm³/mol. The molecule has 0 saturated carbocycles. The fourth-order valence-corrected chi connectivity index (χ4v) is 3.63. The first-order valence-electron chi connectivity index (χ1n) is 9.27. The van der Waals surface area contributed by atoms with Crippen LogP contribution in [0.25, 0.3) is 0 Å². The smallest absolute Gasteiger partial charge is 0.274 e. The summed E-state index contributed by atoms with van der Waals surface area (Å²) in [5, 5.41) is 11.2. The van der Waals surface area contributed by atoms with Crippen LogP contribution >= 0.6 is 11.8 Å². The predicted octanol–water partition coefficient (Wildman–Crippen LogP) is 3.21. The van der Waals surface area contributed by atoms with Crippen molar-refractivity contribution in [1.29, 1.82) is 0 Å². The Morgan fingerprint density at radius 3 is 2.69 bits per heavy atom. The number of carbonyl (C=O) groups is 1. The number of fused-ring (bicyclic) bond motifs is 1. The molecule has 29 heavy (non-hydrogen) atoms. The second-order valence-electron chi connectivity index (χ2n) is 6.67. The molecule has 1 aliphatic rings. The van der Waals surface area contributed by atoms with Gasteiger partial charge in [-0.1, -0.05) is 29.5 Å². The number of methoxy groups -OCH3 is 1. The van der Waals surface area contributed by atoms with Crippen LogP contribution in [0.1, 0.15) is 33.4 Å². The fraction of sp³-hybridized carbons (Fsp3) is 0.286. The van der Waals surface area contributed by atoms with Crippen LogP contribution in [0.5, 0.6) is 5.75 Å². The molecule has 1 amide bonds. The second kappa shape index (κ2) is 8.67. The quantitative estimate of drug-likeness (QED) is 0.629. The highest BCUT2D eigenvalue weighted by Gasteiger charge is 2.27. The average Bonchev–Trinajstić information content (AvgIpc) is 3.21. The summed E-state index contributed by atoms with van der Waals surface area (Å²) >= 11 is 1.69. The molecule has 8 heteroatoms. The van der Waals surface area contributed by atoms with Gasteiger partial charge in [0.05, 0.1) is 26.0 Å². The Morgan fingerprint density at radius 2 is 2.00 bits per heavy atom. The number of nitrogens with one attached hydrogen (secondary N) is 1. The molecule has 0 spiro atoms. The van der Waals surface area contributed by atoms with Crippen molar-refractivity contribution in [3.05, 3.63) is 71.0 Å². The fourth-order valence-electron chi connectivity index (χ4n) is 3.22. The van der Waals surface area contributed by atoms with Gasteiger partial charge in [0.2, 0.25) is 0 Å². The van der Waals surface area contributed by atoms with Crippen molar-refractivity contribution in [2.24, 2.45) is 0 Å². The highest BCUT2D eigenvalue weighted by molar-refractivity contribution is 7.98. The van der Waals surface area contributed by atoms with Gasteiger partial charge in [-0.05, 0) is 41.6 Å². The number of benzene rings is 2. The van der Waals surface area contributed by atoms with Gasteiger partial charge in [0, 0.05) is 11.4 Å². The van der Waals surface area contributed by atoms with Gasteiger partial charge in [-0.25, -0.2) is 4.68 Å². The summed E-state index contributed by atoms with van der Waals surface area (Å²) in [6, 6.07) is 15.9. The van der Waals surface area contributed by atoms with E-state index in [0.29, 0.717) is 24.5 Å². The Hall–Kier alpha value is -2.84. The molecule has 0 radical (unpaired) electrons. The van der Waals surface area contributed by atoms with E-state index in [0.717, 1.165) is 16.9 Å². The van der Waals surface area contributed by atoms with Crippen molar-refractivity contribution in [2.45, 2.75) is 30.7 Å². The number of rotatable bonds is 6. The van der Waals surface area contributed by atoms with Crippen LogP contribution in [0, 0.1) is 0 Å². The van der Waals surface area contributed by atoms with E-state index in [9.17, 15) is 4.79 Å². The number of thioether (sulfide) groups is 1. The van der Waals surface area contributed by atoms with E-state index in [1.165, 1.54) is 4.90 Å². The molecule has 3 aromatic rings. The summed E-state index contributed by atoms with van der Waals surface area (Å²) in [6.45, 7) is 1.24. The van der Waals surface area contributed by atoms with E-state index >= 15 is 0 Å². The van der Waals surface area contributed by atoms with E-state index in [2.05, 4.69) is 15.6 Å². The largest absolute Gasteiger partial charge is 0.497 e. The third-order valence-electron chi connectivity index (χ3n) is 4.91. The van der Waals surface area contributed by atoms with Crippen LogP contribution in [0.3, 0.4) is 0 Å². The van der Waals surface area contributed by atoms with Crippen molar-refractivity contribution in [2.75, 3.05) is 13.4 Å². The number of nitrogens with zero attached hydrogens (tertiary/aromatic N) is 3. The number of carbonyl (C=O) groups excluding carboxylic acids is 1. The molecule has 1 aliphatic heterocycles. The number of hydrogen-bond donors (Lipinski definition) is 1. The molecular formula is C21H22N4O3S. The number of amides is 1. The molecule has 0 saturated heterocycles. The molecule has 0 unspecified atom stereocenters. The molecule has 7 nitrogen and oxygen atoms in total. The molecular weight excluding hydrogens is 388 g/mol. The van der Waals surface area contributed by atoms with Gasteiger partial charge in [-0.2, -0.15) is 0 Å². The van der Waals surface area contributed by atoms with E-state index in [1.54, 1.807) is 23.6 Å². The molecule has 0 aliphatic carbocycles. The summed E-state index contributed by atoms with van der Waals surface area (Å²) in [6.07, 6.45) is 1.90. The maximum absolute atomic E-state index is 12.6. The van der Waals surface area contributed by atoms with Gasteiger partial charge in [-0.3, -0.25) is 4.79 Å². The zero-order valence-corrected chi connectivity index (χ0v) is 17.1. The number of hydrogen-bond acceptors (Lipinski definition) is 6. The standard InChI is InChI=1S/C21H22N4O3S/c1-27-16-7-5-15(6-8-16)19-12-25-18(13-28-19)20(23-24-25)21(26)22-11-14-3-9-17(29-2)10-4-14/h3-10,19H,11-13H2,1-2H3,(H,22,26)/t19-/m0/s1. The summed E-state index contributed by atoms with van der Waals surface area (Å²) in [5.41, 5.74) is 3.09. The van der Waals surface area contributed by atoms with E-state index < -0.39 is 0 Å². The summed E-state index contributed by atoms with van der Waals surface area (Å²) in [4.78, 5) is 13.8. The molecule has 0 fully saturated rings. The van der Waals surface area contributed by atoms with Crippen LogP contribution in [0.15, 0.2) is 53.4 Å². The SMILES string of the molecule is COc1ccc([C@@H]2Cn3nnc(C(=O)NCc4ccc(SC)cc4)c3CO2)cc1. The Bertz CT molecular complexity index is 986. The Balaban J connectivity index is 1.40. The minimum Gasteiger partial charge on any atom is -0.497 e. The molecule has 2 aromatic carbocycles. The summed E-state index contributed by atoms with van der Waals surface area (Å²) in [5.74, 6) is 0.555. The first-order chi connectivity index (χ1) is 14.2. The average molecular weight is 410 g/mol. The van der Waals surface area contributed by atoms with Gasteiger partial charge in [-0.15, -0.1) is 16.9 Å². The maximum atomic E-state index is 12.6. The van der Waals surface area contributed by atoms with Gasteiger partial charge in [0.15, 0.2) is 5.69 Å². The topological polar surface area (TPSA) is 78.3 Å². The summed E-state index contributed by atoms with van der Waals surface area (Å²) in [7, 11) is 1.64. The Morgan fingerprint density at radius 1 is 1.24 bits per heavy atom. The lowest BCUT2D eigenvalue weighted by Gasteiger charge is -2.24. The van der Waals surface area contributed by atoms with Crippen LogP contribution in [-0.4, -0.2) is 34.3 Å². The number of ether oxygens (including phenoxy) is 2. The third kappa shape index (κ3) is 4.28. The van der Waals surface area contributed by atoms with Crippen molar-refractivity contribution in [1.82, 2.24) is 20.3 Å². The molecule has 0 bridgehead atoms. The van der Waals surface area contributed by atoms with E-state index in [-0.39, 0.29) is 18.6 Å². The molecule has 4 rings (SSSR count). The van der Waals surface area contributed by atoms with Gasteiger partial charge >= 0.3 is 0 Å². The minimum absolute atomic E-state index is 0.138. The first-order valence-corrected chi connectivity index (χ1v) is 10.5. The first kappa shape index (κ1) is 19.5. The van der Waals surface area contributed by atoms with Crippen LogP contribution in [0.2, 0.25) is 0 Å². The zero-order valence-electron chi connectivity index (χ0n) is 16.3. The van der Waals surface area contributed by atoms with E-state index in [4.69, 9.17) is 9.47 Å². The normalized spacial score (nSPS) is 15.6.